The van der Waals surface area contributed by atoms with Crippen molar-refractivity contribution in [1.82, 2.24) is 10.3 Å². The smallest absolute Gasteiger partial charge is 0.256 e. The maximum absolute atomic E-state index is 14.1. The van der Waals surface area contributed by atoms with Crippen LogP contribution in [0.1, 0.15) is 12.5 Å². The molecule has 2 aromatic rings. The van der Waals surface area contributed by atoms with Crippen LogP contribution in [0.25, 0.3) is 0 Å². The summed E-state index contributed by atoms with van der Waals surface area (Å²) < 4.78 is 45.2. The fourth-order valence-corrected chi connectivity index (χ4v) is 1.63. The lowest BCUT2D eigenvalue weighted by atomic mass is 10.2. The second-order valence-corrected chi connectivity index (χ2v) is 4.08. The third-order valence-electron chi connectivity index (χ3n) is 2.55. The summed E-state index contributed by atoms with van der Waals surface area (Å²) in [5, 5.41) is 2.97. The highest BCUT2D eigenvalue weighted by molar-refractivity contribution is 5.31. The molecule has 0 fully saturated rings. The topological polar surface area (TPSA) is 34.2 Å². The highest BCUT2D eigenvalue weighted by atomic mass is 19.1. The zero-order chi connectivity index (χ0) is 14.5. The number of nitrogens with zero attached hydrogens (tertiary/aromatic N) is 1. The predicted molar refractivity (Wildman–Crippen MR) is 68.0 cm³/mol. The van der Waals surface area contributed by atoms with Gasteiger partial charge in [0.1, 0.15) is 17.4 Å². The van der Waals surface area contributed by atoms with Gasteiger partial charge < -0.3 is 10.1 Å². The van der Waals surface area contributed by atoms with Crippen molar-refractivity contribution in [1.29, 1.82) is 0 Å². The maximum atomic E-state index is 14.1. The lowest BCUT2D eigenvalue weighted by Gasteiger charge is -2.09. The molecule has 106 valence electrons. The highest BCUT2D eigenvalue weighted by Gasteiger charge is 2.12. The number of rotatable bonds is 5. The van der Waals surface area contributed by atoms with Gasteiger partial charge in [-0.1, -0.05) is 6.92 Å². The van der Waals surface area contributed by atoms with Crippen molar-refractivity contribution >= 4 is 0 Å². The van der Waals surface area contributed by atoms with Crippen LogP contribution in [0, 0.1) is 17.5 Å². The van der Waals surface area contributed by atoms with Gasteiger partial charge in [0, 0.05) is 36.5 Å². The fraction of sp³-hybridized carbons (Fsp3) is 0.214. The van der Waals surface area contributed by atoms with Gasteiger partial charge in [-0.2, -0.15) is 0 Å². The first-order valence-corrected chi connectivity index (χ1v) is 6.08. The van der Waals surface area contributed by atoms with Gasteiger partial charge in [0.05, 0.1) is 0 Å². The van der Waals surface area contributed by atoms with Crippen LogP contribution >= 0.6 is 0 Å². The molecule has 3 nitrogen and oxygen atoms in total. The van der Waals surface area contributed by atoms with Crippen LogP contribution in [-0.4, -0.2) is 11.5 Å². The van der Waals surface area contributed by atoms with Crippen molar-refractivity contribution in [2.24, 2.45) is 0 Å². The number of hydrogen-bond donors (Lipinski definition) is 1. The Labute approximate surface area is 114 Å². The van der Waals surface area contributed by atoms with Crippen LogP contribution in [0.5, 0.6) is 11.6 Å². The van der Waals surface area contributed by atoms with Crippen molar-refractivity contribution in [2.45, 2.75) is 13.5 Å². The number of hydrogen-bond acceptors (Lipinski definition) is 3. The van der Waals surface area contributed by atoms with E-state index < -0.39 is 17.5 Å². The van der Waals surface area contributed by atoms with E-state index in [1.54, 1.807) is 0 Å². The molecule has 0 spiro atoms. The van der Waals surface area contributed by atoms with E-state index in [-0.39, 0.29) is 11.6 Å². The quantitative estimate of drug-likeness (QED) is 0.912. The first-order chi connectivity index (χ1) is 9.60. The minimum absolute atomic E-state index is 0.144. The summed E-state index contributed by atoms with van der Waals surface area (Å²) in [6.07, 6.45) is 1.38. The Hall–Kier alpha value is -2.08. The maximum Gasteiger partial charge on any atom is 0.256 e. The van der Waals surface area contributed by atoms with Crippen LogP contribution in [0.4, 0.5) is 13.2 Å². The number of nitrogens with one attached hydrogen (secondary N) is 1. The van der Waals surface area contributed by atoms with Crippen molar-refractivity contribution in [3.05, 3.63) is 53.5 Å². The predicted octanol–water partition coefficient (Wildman–Crippen LogP) is 3.40. The largest absolute Gasteiger partial charge is 0.436 e. The van der Waals surface area contributed by atoms with Crippen LogP contribution in [-0.2, 0) is 6.54 Å². The molecule has 1 aromatic heterocycles. The minimum atomic E-state index is -0.802. The number of benzene rings is 1. The Morgan fingerprint density at radius 1 is 1.15 bits per heavy atom. The number of pyridine rings is 1. The van der Waals surface area contributed by atoms with Crippen molar-refractivity contribution in [3.8, 4) is 11.6 Å². The summed E-state index contributed by atoms with van der Waals surface area (Å²) in [6.45, 7) is 2.90. The second-order valence-electron chi connectivity index (χ2n) is 4.08. The molecule has 6 heteroatoms. The van der Waals surface area contributed by atoms with Gasteiger partial charge in [-0.25, -0.2) is 18.2 Å². The van der Waals surface area contributed by atoms with E-state index in [1.807, 2.05) is 6.92 Å². The Balaban J connectivity index is 2.24. The van der Waals surface area contributed by atoms with Gasteiger partial charge in [0.25, 0.3) is 5.88 Å². The van der Waals surface area contributed by atoms with Crippen LogP contribution in [0.3, 0.4) is 0 Å². The first-order valence-electron chi connectivity index (χ1n) is 6.08. The van der Waals surface area contributed by atoms with Gasteiger partial charge in [0.15, 0.2) is 5.82 Å². The molecule has 0 radical (unpaired) electrons. The molecule has 0 saturated carbocycles. The molecule has 0 unspecified atom stereocenters. The number of ether oxygens (including phenoxy) is 1. The van der Waals surface area contributed by atoms with Crippen molar-refractivity contribution in [2.75, 3.05) is 6.54 Å². The van der Waals surface area contributed by atoms with Gasteiger partial charge >= 0.3 is 0 Å². The molecule has 20 heavy (non-hydrogen) atoms. The summed E-state index contributed by atoms with van der Waals surface area (Å²) >= 11 is 0. The average molecular weight is 282 g/mol. The lowest BCUT2D eigenvalue weighted by Crippen LogP contribution is -2.13. The number of aromatic nitrogens is 1. The monoisotopic (exact) mass is 282 g/mol. The van der Waals surface area contributed by atoms with Crippen LogP contribution in [0.15, 0.2) is 30.5 Å². The molecule has 1 N–H and O–H groups in total. The Kier molecular flexibility index (Phi) is 4.57. The molecule has 0 aliphatic carbocycles. The average Bonchev–Trinajstić information content (AvgIpc) is 2.38. The van der Waals surface area contributed by atoms with E-state index in [0.29, 0.717) is 24.7 Å². The molecule has 2 rings (SSSR count). The standard InChI is InChI=1S/C14H13F3N2O/c1-2-18-8-9-3-4-19-14(13(9)17)20-12-6-10(15)5-11(16)7-12/h3-7,18H,2,8H2,1H3. The van der Waals surface area contributed by atoms with Crippen molar-refractivity contribution < 1.29 is 17.9 Å². The van der Waals surface area contributed by atoms with E-state index >= 15 is 0 Å². The van der Waals surface area contributed by atoms with Gasteiger partial charge in [-0.3, -0.25) is 0 Å². The molecule has 0 atom stereocenters. The fourth-order valence-electron chi connectivity index (χ4n) is 1.63. The Bertz CT molecular complexity index is 585. The molecular weight excluding hydrogens is 269 g/mol. The molecule has 0 bridgehead atoms. The summed E-state index contributed by atoms with van der Waals surface area (Å²) in [7, 11) is 0. The van der Waals surface area contributed by atoms with Crippen molar-refractivity contribution in [3.63, 3.8) is 0 Å². The zero-order valence-electron chi connectivity index (χ0n) is 10.8. The summed E-state index contributed by atoms with van der Waals surface area (Å²) in [4.78, 5) is 3.73. The summed E-state index contributed by atoms with van der Waals surface area (Å²) in [5.74, 6) is -2.72. The Morgan fingerprint density at radius 3 is 2.50 bits per heavy atom. The number of halogens is 3. The molecule has 1 aromatic carbocycles. The lowest BCUT2D eigenvalue weighted by molar-refractivity contribution is 0.411. The molecule has 0 aliphatic heterocycles. The Morgan fingerprint density at radius 2 is 1.85 bits per heavy atom. The van der Waals surface area contributed by atoms with E-state index in [4.69, 9.17) is 4.74 Å². The van der Waals surface area contributed by atoms with Crippen LogP contribution in [0.2, 0.25) is 0 Å². The van der Waals surface area contributed by atoms with Gasteiger partial charge in [-0.05, 0) is 12.6 Å². The molecule has 0 saturated heterocycles. The van der Waals surface area contributed by atoms with E-state index in [9.17, 15) is 13.2 Å². The molecular formula is C14H13F3N2O. The highest BCUT2D eigenvalue weighted by Crippen LogP contribution is 2.25. The first kappa shape index (κ1) is 14.3. The second kappa shape index (κ2) is 6.38. The molecule has 1 heterocycles. The third kappa shape index (κ3) is 3.48. The van der Waals surface area contributed by atoms with E-state index in [1.165, 1.54) is 12.3 Å². The molecule has 0 amide bonds. The third-order valence-corrected chi connectivity index (χ3v) is 2.55. The van der Waals surface area contributed by atoms with Gasteiger partial charge in [0.2, 0.25) is 0 Å². The van der Waals surface area contributed by atoms with Gasteiger partial charge in [-0.15, -0.1) is 0 Å². The minimum Gasteiger partial charge on any atom is -0.436 e. The summed E-state index contributed by atoms with van der Waals surface area (Å²) in [6, 6.07) is 4.14. The SMILES string of the molecule is CCNCc1ccnc(Oc2cc(F)cc(F)c2)c1F. The summed E-state index contributed by atoms with van der Waals surface area (Å²) in [5.41, 5.74) is 0.369. The van der Waals surface area contributed by atoms with E-state index in [0.717, 1.165) is 12.1 Å². The normalized spacial score (nSPS) is 10.6. The van der Waals surface area contributed by atoms with Crippen LogP contribution < -0.4 is 10.1 Å². The zero-order valence-corrected chi connectivity index (χ0v) is 10.8. The van der Waals surface area contributed by atoms with E-state index in [2.05, 4.69) is 10.3 Å². The molecule has 0 aliphatic rings.